The van der Waals surface area contributed by atoms with Crippen LogP contribution < -0.4 is 5.32 Å². The van der Waals surface area contributed by atoms with Crippen LogP contribution in [0.2, 0.25) is 0 Å². The van der Waals surface area contributed by atoms with E-state index in [0.29, 0.717) is 25.2 Å². The van der Waals surface area contributed by atoms with Crippen molar-refractivity contribution in [1.29, 1.82) is 10.5 Å². The molecule has 21 heavy (non-hydrogen) atoms. The molecule has 1 N–H and O–H groups in total. The second kappa shape index (κ2) is 6.13. The summed E-state index contributed by atoms with van der Waals surface area (Å²) >= 11 is 0. The number of hydrogen-bond acceptors (Lipinski definition) is 4. The molecule has 112 valence electrons. The fourth-order valence-electron chi connectivity index (χ4n) is 3.09. The molecule has 1 saturated heterocycles. The molecule has 2 aliphatic rings. The Morgan fingerprint density at radius 3 is 2.62 bits per heavy atom. The topological polar surface area (TPSA) is 97.0 Å². The van der Waals surface area contributed by atoms with E-state index in [-0.39, 0.29) is 18.9 Å². The second-order valence-electron chi connectivity index (χ2n) is 6.13. The largest absolute Gasteiger partial charge is 0.325 e. The average molecular weight is 288 g/mol. The van der Waals surface area contributed by atoms with E-state index in [9.17, 15) is 9.59 Å². The molecule has 1 saturated carbocycles. The molecule has 2 fully saturated rings. The molecule has 1 aliphatic heterocycles. The van der Waals surface area contributed by atoms with Gasteiger partial charge in [-0.1, -0.05) is 6.92 Å². The summed E-state index contributed by atoms with van der Waals surface area (Å²) in [6, 6.07) is 3.67. The van der Waals surface area contributed by atoms with Crippen molar-refractivity contribution in [2.75, 3.05) is 6.54 Å². The number of imide groups is 1. The standard InChI is InChI=1S/C15H20N4O2/c1-11-4-6-15(7-5-11)13(20)19(14(21)18-15)10-12(9-17)3-2-8-16/h11-12H,2-7,10H2,1H3,(H,18,21)/t11?,12-,15?/m1/s1. The van der Waals surface area contributed by atoms with Gasteiger partial charge >= 0.3 is 6.03 Å². The maximum Gasteiger partial charge on any atom is 0.325 e. The van der Waals surface area contributed by atoms with Gasteiger partial charge in [-0.05, 0) is 38.0 Å². The minimum Gasteiger partial charge on any atom is -0.323 e. The lowest BCUT2D eigenvalue weighted by Crippen LogP contribution is -2.49. The van der Waals surface area contributed by atoms with Crippen molar-refractivity contribution >= 4 is 11.9 Å². The molecule has 1 heterocycles. The van der Waals surface area contributed by atoms with Gasteiger partial charge in [0.25, 0.3) is 5.91 Å². The van der Waals surface area contributed by atoms with Crippen LogP contribution in [0.4, 0.5) is 4.79 Å². The SMILES string of the molecule is CC1CCC2(CC1)NC(=O)N(C[C@@H](C#N)CCC#N)C2=O. The van der Waals surface area contributed by atoms with Gasteiger partial charge in [-0.25, -0.2) is 4.79 Å². The number of nitrogens with zero attached hydrogens (tertiary/aromatic N) is 3. The number of nitriles is 2. The highest BCUT2D eigenvalue weighted by atomic mass is 16.2. The van der Waals surface area contributed by atoms with Gasteiger partial charge in [0, 0.05) is 13.0 Å². The highest BCUT2D eigenvalue weighted by Crippen LogP contribution is 2.36. The molecule has 0 aromatic carbocycles. The molecule has 1 atom stereocenters. The number of rotatable bonds is 4. The molecule has 0 bridgehead atoms. The zero-order chi connectivity index (χ0) is 15.5. The van der Waals surface area contributed by atoms with E-state index in [1.807, 2.05) is 6.07 Å². The summed E-state index contributed by atoms with van der Waals surface area (Å²) < 4.78 is 0. The first-order valence-electron chi connectivity index (χ1n) is 7.43. The predicted octanol–water partition coefficient (Wildman–Crippen LogP) is 1.93. The summed E-state index contributed by atoms with van der Waals surface area (Å²) in [5.41, 5.74) is -0.751. The van der Waals surface area contributed by atoms with Crippen LogP contribution in [0.3, 0.4) is 0 Å². The van der Waals surface area contributed by atoms with E-state index in [1.165, 1.54) is 4.90 Å². The first-order chi connectivity index (χ1) is 10.0. The van der Waals surface area contributed by atoms with Crippen molar-refractivity contribution in [1.82, 2.24) is 10.2 Å². The summed E-state index contributed by atoms with van der Waals surface area (Å²) in [5, 5.41) is 20.5. The lowest BCUT2D eigenvalue weighted by molar-refractivity contribution is -0.133. The highest BCUT2D eigenvalue weighted by Gasteiger charge is 2.52. The number of urea groups is 1. The third-order valence-corrected chi connectivity index (χ3v) is 4.56. The molecular formula is C15H20N4O2. The minimum atomic E-state index is -0.751. The third-order valence-electron chi connectivity index (χ3n) is 4.56. The van der Waals surface area contributed by atoms with Crippen molar-refractivity contribution in [3.63, 3.8) is 0 Å². The van der Waals surface area contributed by atoms with Gasteiger partial charge in [0.2, 0.25) is 0 Å². The Kier molecular flexibility index (Phi) is 4.47. The van der Waals surface area contributed by atoms with Crippen LogP contribution in [-0.4, -0.2) is 28.9 Å². The van der Waals surface area contributed by atoms with Crippen LogP contribution in [0.1, 0.15) is 45.4 Å². The number of hydrogen-bond donors (Lipinski definition) is 1. The van der Waals surface area contributed by atoms with Crippen molar-refractivity contribution in [2.45, 2.75) is 51.0 Å². The Morgan fingerprint density at radius 2 is 2.05 bits per heavy atom. The fraction of sp³-hybridized carbons (Fsp3) is 0.733. The summed E-state index contributed by atoms with van der Waals surface area (Å²) in [6.07, 6.45) is 3.83. The minimum absolute atomic E-state index is 0.0835. The average Bonchev–Trinajstić information content (AvgIpc) is 2.70. The van der Waals surface area contributed by atoms with E-state index >= 15 is 0 Å². The molecule has 6 nitrogen and oxygen atoms in total. The zero-order valence-electron chi connectivity index (χ0n) is 12.3. The number of carbonyl (C=O) groups excluding carboxylic acids is 2. The Bertz CT molecular complexity index is 509. The van der Waals surface area contributed by atoms with Crippen molar-refractivity contribution in [3.05, 3.63) is 0 Å². The molecule has 0 radical (unpaired) electrons. The fourth-order valence-corrected chi connectivity index (χ4v) is 3.09. The molecule has 0 aromatic rings. The van der Waals surface area contributed by atoms with Crippen LogP contribution in [0.25, 0.3) is 0 Å². The van der Waals surface area contributed by atoms with Gasteiger partial charge in [-0.15, -0.1) is 0 Å². The quantitative estimate of drug-likeness (QED) is 0.799. The van der Waals surface area contributed by atoms with E-state index in [4.69, 9.17) is 10.5 Å². The third kappa shape index (κ3) is 3.00. The smallest absolute Gasteiger partial charge is 0.323 e. The maximum atomic E-state index is 12.6. The summed E-state index contributed by atoms with van der Waals surface area (Å²) in [5.74, 6) is -0.0921. The molecular weight excluding hydrogens is 268 g/mol. The normalized spacial score (nSPS) is 29.9. The molecule has 0 aromatic heterocycles. The van der Waals surface area contributed by atoms with Gasteiger partial charge in [-0.3, -0.25) is 9.69 Å². The van der Waals surface area contributed by atoms with Gasteiger partial charge in [0.05, 0.1) is 18.1 Å². The molecule has 1 spiro atoms. The van der Waals surface area contributed by atoms with E-state index in [1.54, 1.807) is 0 Å². The molecule has 3 amide bonds. The second-order valence-corrected chi connectivity index (χ2v) is 6.13. The van der Waals surface area contributed by atoms with E-state index in [2.05, 4.69) is 18.3 Å². The lowest BCUT2D eigenvalue weighted by atomic mass is 9.77. The zero-order valence-corrected chi connectivity index (χ0v) is 12.3. The van der Waals surface area contributed by atoms with Gasteiger partial charge in [0.1, 0.15) is 5.54 Å². The van der Waals surface area contributed by atoms with Crippen LogP contribution in [-0.2, 0) is 4.79 Å². The van der Waals surface area contributed by atoms with Crippen molar-refractivity contribution in [3.8, 4) is 12.1 Å². The highest BCUT2D eigenvalue weighted by molar-refractivity contribution is 6.07. The van der Waals surface area contributed by atoms with Crippen molar-refractivity contribution < 1.29 is 9.59 Å². The summed E-state index contributed by atoms with van der Waals surface area (Å²) in [6.45, 7) is 2.24. The van der Waals surface area contributed by atoms with E-state index < -0.39 is 17.5 Å². The predicted molar refractivity (Wildman–Crippen MR) is 74.6 cm³/mol. The van der Waals surface area contributed by atoms with Gasteiger partial charge < -0.3 is 5.32 Å². The first kappa shape index (κ1) is 15.3. The monoisotopic (exact) mass is 288 g/mol. The Morgan fingerprint density at radius 1 is 1.38 bits per heavy atom. The molecule has 1 aliphatic carbocycles. The summed E-state index contributed by atoms with van der Waals surface area (Å²) in [4.78, 5) is 25.8. The molecule has 6 heteroatoms. The molecule has 0 unspecified atom stereocenters. The number of amides is 3. The number of carbonyl (C=O) groups is 2. The maximum absolute atomic E-state index is 12.6. The van der Waals surface area contributed by atoms with Crippen molar-refractivity contribution in [2.24, 2.45) is 11.8 Å². The Labute approximate surface area is 124 Å². The lowest BCUT2D eigenvalue weighted by Gasteiger charge is -2.33. The Hall–Kier alpha value is -2.08. The Balaban J connectivity index is 2.05. The van der Waals surface area contributed by atoms with Gasteiger partial charge in [0.15, 0.2) is 0 Å². The van der Waals surface area contributed by atoms with Crippen LogP contribution >= 0.6 is 0 Å². The van der Waals surface area contributed by atoms with Crippen LogP contribution in [0.5, 0.6) is 0 Å². The first-order valence-corrected chi connectivity index (χ1v) is 7.43. The van der Waals surface area contributed by atoms with Gasteiger partial charge in [-0.2, -0.15) is 10.5 Å². The molecule has 2 rings (SSSR count). The number of nitrogens with one attached hydrogen (secondary N) is 1. The van der Waals surface area contributed by atoms with Crippen LogP contribution in [0.15, 0.2) is 0 Å². The van der Waals surface area contributed by atoms with Crippen LogP contribution in [0, 0.1) is 34.5 Å². The van der Waals surface area contributed by atoms with E-state index in [0.717, 1.165) is 12.8 Å². The summed E-state index contributed by atoms with van der Waals surface area (Å²) in [7, 11) is 0.